The lowest BCUT2D eigenvalue weighted by atomic mass is 9.96. The van der Waals surface area contributed by atoms with Gasteiger partial charge in [0, 0.05) is 19.2 Å². The second kappa shape index (κ2) is 10.9. The van der Waals surface area contributed by atoms with E-state index in [4.69, 9.17) is 9.47 Å². The van der Waals surface area contributed by atoms with Crippen LogP contribution in [0, 0.1) is 16.0 Å². The van der Waals surface area contributed by atoms with Crippen LogP contribution in [0.15, 0.2) is 12.1 Å². The molecule has 0 bridgehead atoms. The van der Waals surface area contributed by atoms with Crippen LogP contribution in [0.5, 0.6) is 11.5 Å². The summed E-state index contributed by atoms with van der Waals surface area (Å²) in [6.45, 7) is 7.31. The fourth-order valence-corrected chi connectivity index (χ4v) is 3.16. The third-order valence-corrected chi connectivity index (χ3v) is 4.59. The number of ether oxygens (including phenoxy) is 2. The van der Waals surface area contributed by atoms with Crippen molar-refractivity contribution in [1.29, 1.82) is 0 Å². The second-order valence-electron chi connectivity index (χ2n) is 6.25. The standard InChI is InChI=1S/C18H27N3O5.ClH/c1-4-19-12-13-6-8-20(9-7-13)18(22)14-10-17(26-5-2)16(25-3)11-15(14)21(23)24;/h10-11,13,19H,4-9,12H2,1-3H3;1H. The van der Waals surface area contributed by atoms with Crippen LogP contribution < -0.4 is 14.8 Å². The maximum atomic E-state index is 12.9. The summed E-state index contributed by atoms with van der Waals surface area (Å²) < 4.78 is 10.6. The quantitative estimate of drug-likeness (QED) is 0.531. The van der Waals surface area contributed by atoms with E-state index in [2.05, 4.69) is 12.2 Å². The van der Waals surface area contributed by atoms with Crippen molar-refractivity contribution in [1.82, 2.24) is 10.2 Å². The largest absolute Gasteiger partial charge is 0.493 e. The molecule has 1 saturated heterocycles. The zero-order chi connectivity index (χ0) is 19.1. The number of piperidine rings is 1. The smallest absolute Gasteiger partial charge is 0.286 e. The molecule has 1 aliphatic rings. The molecule has 0 unspecified atom stereocenters. The fourth-order valence-electron chi connectivity index (χ4n) is 3.16. The predicted molar refractivity (Wildman–Crippen MR) is 105 cm³/mol. The number of carbonyl (C=O) groups is 1. The van der Waals surface area contributed by atoms with Gasteiger partial charge < -0.3 is 19.7 Å². The van der Waals surface area contributed by atoms with Gasteiger partial charge in [-0.1, -0.05) is 6.92 Å². The van der Waals surface area contributed by atoms with Gasteiger partial charge in [-0.2, -0.15) is 0 Å². The number of hydrogen-bond acceptors (Lipinski definition) is 6. The van der Waals surface area contributed by atoms with Crippen molar-refractivity contribution >= 4 is 24.0 Å². The topological polar surface area (TPSA) is 93.9 Å². The van der Waals surface area contributed by atoms with E-state index in [0.717, 1.165) is 25.9 Å². The van der Waals surface area contributed by atoms with E-state index in [1.54, 1.807) is 11.8 Å². The Balaban J connectivity index is 0.00000364. The average Bonchev–Trinajstić information content (AvgIpc) is 2.66. The summed E-state index contributed by atoms with van der Waals surface area (Å²) in [7, 11) is 1.41. The summed E-state index contributed by atoms with van der Waals surface area (Å²) in [4.78, 5) is 25.5. The summed E-state index contributed by atoms with van der Waals surface area (Å²) >= 11 is 0. The predicted octanol–water partition coefficient (Wildman–Crippen LogP) is 2.89. The van der Waals surface area contributed by atoms with E-state index >= 15 is 0 Å². The minimum Gasteiger partial charge on any atom is -0.493 e. The third kappa shape index (κ3) is 5.71. The minimum absolute atomic E-state index is 0. The number of amides is 1. The highest BCUT2D eigenvalue weighted by atomic mass is 35.5. The highest BCUT2D eigenvalue weighted by Crippen LogP contribution is 2.35. The molecule has 0 atom stereocenters. The number of benzene rings is 1. The van der Waals surface area contributed by atoms with Crippen molar-refractivity contribution < 1.29 is 19.2 Å². The zero-order valence-corrected chi connectivity index (χ0v) is 16.8. The summed E-state index contributed by atoms with van der Waals surface area (Å²) in [6.07, 6.45) is 1.78. The summed E-state index contributed by atoms with van der Waals surface area (Å²) in [5.41, 5.74) is -0.213. The molecule has 2 rings (SSSR count). The maximum absolute atomic E-state index is 12.9. The van der Waals surface area contributed by atoms with Crippen LogP contribution in [-0.4, -0.2) is 55.6 Å². The number of nitrogens with zero attached hydrogens (tertiary/aromatic N) is 2. The van der Waals surface area contributed by atoms with Gasteiger partial charge in [-0.15, -0.1) is 12.4 Å². The molecule has 1 amide bonds. The number of nitro groups is 1. The van der Waals surface area contributed by atoms with Crippen molar-refractivity contribution in [2.75, 3.05) is 39.9 Å². The fraction of sp³-hybridized carbons (Fsp3) is 0.611. The molecule has 27 heavy (non-hydrogen) atoms. The molecule has 1 aromatic rings. The SMILES string of the molecule is CCNCC1CCN(C(=O)c2cc(OCC)c(OC)cc2[N+](=O)[O-])CC1.Cl. The Morgan fingerprint density at radius 2 is 1.96 bits per heavy atom. The monoisotopic (exact) mass is 401 g/mol. The summed E-state index contributed by atoms with van der Waals surface area (Å²) in [5, 5.41) is 14.8. The molecule has 0 saturated carbocycles. The first-order valence-corrected chi connectivity index (χ1v) is 9.00. The second-order valence-corrected chi connectivity index (χ2v) is 6.25. The number of hydrogen-bond donors (Lipinski definition) is 1. The number of nitro benzene ring substituents is 1. The molecule has 0 aliphatic carbocycles. The molecule has 1 fully saturated rings. The molecule has 152 valence electrons. The molecule has 1 heterocycles. The van der Waals surface area contributed by atoms with E-state index in [9.17, 15) is 14.9 Å². The first kappa shape index (κ1) is 23.0. The Morgan fingerprint density at radius 1 is 1.30 bits per heavy atom. The van der Waals surface area contributed by atoms with Crippen LogP contribution in [0.4, 0.5) is 5.69 Å². The summed E-state index contributed by atoms with van der Waals surface area (Å²) in [5.74, 6) is 0.788. The van der Waals surface area contributed by atoms with Crippen LogP contribution >= 0.6 is 12.4 Å². The molecular formula is C18H28ClN3O5. The average molecular weight is 402 g/mol. The highest BCUT2D eigenvalue weighted by molar-refractivity contribution is 5.99. The highest BCUT2D eigenvalue weighted by Gasteiger charge is 2.30. The van der Waals surface area contributed by atoms with Gasteiger partial charge in [0.2, 0.25) is 0 Å². The molecule has 1 N–H and O–H groups in total. The summed E-state index contributed by atoms with van der Waals surface area (Å²) in [6, 6.07) is 2.68. The number of nitrogens with one attached hydrogen (secondary N) is 1. The number of carbonyl (C=O) groups excluding carboxylic acids is 1. The first-order valence-electron chi connectivity index (χ1n) is 9.00. The number of rotatable bonds is 8. The molecule has 0 spiro atoms. The van der Waals surface area contributed by atoms with E-state index < -0.39 is 4.92 Å². The van der Waals surface area contributed by atoms with Gasteiger partial charge in [0.1, 0.15) is 5.56 Å². The number of likely N-dealkylation sites (tertiary alicyclic amines) is 1. The van der Waals surface area contributed by atoms with E-state index in [1.165, 1.54) is 19.2 Å². The molecule has 0 radical (unpaired) electrons. The van der Waals surface area contributed by atoms with Crippen LogP contribution in [0.1, 0.15) is 37.0 Å². The molecule has 8 nitrogen and oxygen atoms in total. The Kier molecular flexibility index (Phi) is 9.31. The van der Waals surface area contributed by atoms with Crippen LogP contribution in [0.3, 0.4) is 0 Å². The lowest BCUT2D eigenvalue weighted by molar-refractivity contribution is -0.385. The number of halogens is 1. The molecule has 1 aromatic carbocycles. The van der Waals surface area contributed by atoms with Gasteiger partial charge in [-0.05, 0) is 38.8 Å². The van der Waals surface area contributed by atoms with Gasteiger partial charge in [0.25, 0.3) is 11.6 Å². The molecule has 1 aliphatic heterocycles. The zero-order valence-electron chi connectivity index (χ0n) is 16.0. The third-order valence-electron chi connectivity index (χ3n) is 4.59. The Morgan fingerprint density at radius 3 is 2.48 bits per heavy atom. The van der Waals surface area contributed by atoms with E-state index in [0.29, 0.717) is 31.4 Å². The molecule has 0 aromatic heterocycles. The van der Waals surface area contributed by atoms with Crippen molar-refractivity contribution in [3.05, 3.63) is 27.8 Å². The van der Waals surface area contributed by atoms with Gasteiger partial charge >= 0.3 is 0 Å². The Labute approximate surface area is 165 Å². The van der Waals surface area contributed by atoms with Gasteiger partial charge in [0.15, 0.2) is 11.5 Å². The molecular weight excluding hydrogens is 374 g/mol. The lowest BCUT2D eigenvalue weighted by Crippen LogP contribution is -2.41. The van der Waals surface area contributed by atoms with Crippen LogP contribution in [-0.2, 0) is 0 Å². The minimum atomic E-state index is -0.552. The normalized spacial score (nSPS) is 14.4. The van der Waals surface area contributed by atoms with Crippen molar-refractivity contribution in [3.8, 4) is 11.5 Å². The number of methoxy groups -OCH3 is 1. The van der Waals surface area contributed by atoms with Gasteiger partial charge in [0.05, 0.1) is 24.7 Å². The van der Waals surface area contributed by atoms with E-state index in [-0.39, 0.29) is 35.3 Å². The van der Waals surface area contributed by atoms with E-state index in [1.807, 2.05) is 0 Å². The van der Waals surface area contributed by atoms with Crippen LogP contribution in [0.25, 0.3) is 0 Å². The van der Waals surface area contributed by atoms with Gasteiger partial charge in [-0.3, -0.25) is 14.9 Å². The van der Waals surface area contributed by atoms with Gasteiger partial charge in [-0.25, -0.2) is 0 Å². The molecule has 9 heteroatoms. The Hall–Kier alpha value is -2.06. The van der Waals surface area contributed by atoms with Crippen LogP contribution in [0.2, 0.25) is 0 Å². The van der Waals surface area contributed by atoms with Crippen molar-refractivity contribution in [2.45, 2.75) is 26.7 Å². The maximum Gasteiger partial charge on any atom is 0.286 e. The van der Waals surface area contributed by atoms with Crippen molar-refractivity contribution in [3.63, 3.8) is 0 Å². The Bertz CT molecular complexity index is 648. The lowest BCUT2D eigenvalue weighted by Gasteiger charge is -2.32. The first-order chi connectivity index (χ1) is 12.5. The van der Waals surface area contributed by atoms with Crippen molar-refractivity contribution in [2.24, 2.45) is 5.92 Å².